The highest BCUT2D eigenvalue weighted by molar-refractivity contribution is 6.42. The van der Waals surface area contributed by atoms with Gasteiger partial charge in [-0.05, 0) is 38.1 Å². The van der Waals surface area contributed by atoms with Gasteiger partial charge in [-0.3, -0.25) is 4.79 Å². The minimum absolute atomic E-state index is 0.0460. The van der Waals surface area contributed by atoms with E-state index >= 15 is 0 Å². The summed E-state index contributed by atoms with van der Waals surface area (Å²) in [4.78, 5) is 24.4. The van der Waals surface area contributed by atoms with E-state index in [0.29, 0.717) is 27.9 Å². The maximum Gasteiger partial charge on any atom is 0.377 e. The summed E-state index contributed by atoms with van der Waals surface area (Å²) in [6.07, 6.45) is 1.19. The molecule has 8 heteroatoms. The second kappa shape index (κ2) is 8.06. The number of benzene rings is 1. The van der Waals surface area contributed by atoms with Gasteiger partial charge < -0.3 is 18.8 Å². The summed E-state index contributed by atoms with van der Waals surface area (Å²) in [5.41, 5.74) is 2.80. The molecule has 0 atom stereocenters. The molecular weight excluding hydrogens is 393 g/mol. The second-order valence-electron chi connectivity index (χ2n) is 5.92. The van der Waals surface area contributed by atoms with Crippen LogP contribution < -0.4 is 0 Å². The normalized spacial score (nSPS) is 13.4. The van der Waals surface area contributed by atoms with Crippen molar-refractivity contribution in [3.63, 3.8) is 0 Å². The van der Waals surface area contributed by atoms with Crippen molar-refractivity contribution in [2.24, 2.45) is 0 Å². The van der Waals surface area contributed by atoms with Crippen LogP contribution in [0.2, 0.25) is 10.0 Å². The minimum atomic E-state index is -0.735. The van der Waals surface area contributed by atoms with E-state index in [4.69, 9.17) is 37.4 Å². The van der Waals surface area contributed by atoms with Crippen molar-refractivity contribution in [2.75, 3.05) is 19.8 Å². The van der Waals surface area contributed by atoms with E-state index in [1.165, 1.54) is 6.26 Å². The molecule has 2 aromatic rings. The van der Waals surface area contributed by atoms with Crippen LogP contribution in [0.3, 0.4) is 0 Å². The summed E-state index contributed by atoms with van der Waals surface area (Å²) in [5, 5.41) is 0.876. The lowest BCUT2D eigenvalue weighted by Gasteiger charge is -2.14. The molecule has 0 bridgehead atoms. The first-order valence-corrected chi connectivity index (χ1v) is 8.93. The molecule has 0 saturated carbocycles. The largest absolute Gasteiger partial charge is 0.493 e. The van der Waals surface area contributed by atoms with Crippen LogP contribution in [0.25, 0.3) is 5.69 Å². The topological polar surface area (TPSA) is 66.8 Å². The highest BCUT2D eigenvalue weighted by Gasteiger charge is 2.21. The van der Waals surface area contributed by atoms with Gasteiger partial charge in [0.25, 0.3) is 0 Å². The standard InChI is InChI=1S/C19H17Cl2NO5/c1-11-7-14(12(2)22(11)13-3-4-15(20)16(21)8-13)17(23)9-27-19(24)18-10-25-5-6-26-18/h3-4,7-8,10H,5-6,9H2,1-2H3. The zero-order chi connectivity index (χ0) is 19.6. The lowest BCUT2D eigenvalue weighted by atomic mass is 10.1. The minimum Gasteiger partial charge on any atom is -0.493 e. The molecule has 0 unspecified atom stereocenters. The fourth-order valence-corrected chi connectivity index (χ4v) is 3.11. The molecule has 0 radical (unpaired) electrons. The lowest BCUT2D eigenvalue weighted by molar-refractivity contribution is -0.143. The van der Waals surface area contributed by atoms with Gasteiger partial charge in [0.05, 0.1) is 10.0 Å². The highest BCUT2D eigenvalue weighted by atomic mass is 35.5. The number of halogens is 2. The molecule has 3 rings (SSSR count). The molecule has 0 fully saturated rings. The molecule has 1 aromatic heterocycles. The van der Waals surface area contributed by atoms with Gasteiger partial charge in [-0.15, -0.1) is 0 Å². The van der Waals surface area contributed by atoms with E-state index in [1.807, 2.05) is 24.5 Å². The van der Waals surface area contributed by atoms with Crippen molar-refractivity contribution in [1.29, 1.82) is 0 Å². The van der Waals surface area contributed by atoms with Gasteiger partial charge in [0, 0.05) is 22.6 Å². The van der Waals surface area contributed by atoms with Crippen LogP contribution in [-0.4, -0.2) is 36.1 Å². The zero-order valence-corrected chi connectivity index (χ0v) is 16.3. The molecular formula is C19H17Cl2NO5. The Hall–Kier alpha value is -2.44. The maximum atomic E-state index is 12.5. The third kappa shape index (κ3) is 4.12. The van der Waals surface area contributed by atoms with Crippen LogP contribution >= 0.6 is 23.2 Å². The molecule has 0 amide bonds. The average Bonchev–Trinajstić information content (AvgIpc) is 2.97. The van der Waals surface area contributed by atoms with Crippen molar-refractivity contribution in [1.82, 2.24) is 4.57 Å². The van der Waals surface area contributed by atoms with Gasteiger partial charge in [0.2, 0.25) is 11.5 Å². The molecule has 2 heterocycles. The molecule has 1 aromatic carbocycles. The van der Waals surface area contributed by atoms with Crippen molar-refractivity contribution < 1.29 is 23.8 Å². The van der Waals surface area contributed by atoms with E-state index in [2.05, 4.69) is 0 Å². The van der Waals surface area contributed by atoms with Crippen LogP contribution in [0.4, 0.5) is 0 Å². The van der Waals surface area contributed by atoms with E-state index in [-0.39, 0.29) is 18.1 Å². The average molecular weight is 410 g/mol. The summed E-state index contributed by atoms with van der Waals surface area (Å²) in [6.45, 7) is 3.92. The summed E-state index contributed by atoms with van der Waals surface area (Å²) in [6, 6.07) is 6.98. The zero-order valence-electron chi connectivity index (χ0n) is 14.8. The summed E-state index contributed by atoms with van der Waals surface area (Å²) in [5.74, 6) is -1.10. The van der Waals surface area contributed by atoms with Gasteiger partial charge in [-0.1, -0.05) is 23.2 Å². The first kappa shape index (κ1) is 19.3. The number of carbonyl (C=O) groups excluding carboxylic acids is 2. The Morgan fingerprint density at radius 3 is 2.59 bits per heavy atom. The van der Waals surface area contributed by atoms with Gasteiger partial charge in [-0.2, -0.15) is 0 Å². The third-order valence-corrected chi connectivity index (χ3v) is 4.82. The number of nitrogens with zero attached hydrogens (tertiary/aromatic N) is 1. The first-order valence-electron chi connectivity index (χ1n) is 8.17. The third-order valence-electron chi connectivity index (χ3n) is 4.08. The van der Waals surface area contributed by atoms with Crippen molar-refractivity contribution >= 4 is 35.0 Å². The number of rotatable bonds is 5. The van der Waals surface area contributed by atoms with Crippen molar-refractivity contribution in [2.45, 2.75) is 13.8 Å². The van der Waals surface area contributed by atoms with E-state index in [9.17, 15) is 9.59 Å². The molecule has 27 heavy (non-hydrogen) atoms. The molecule has 1 aliphatic rings. The lowest BCUT2D eigenvalue weighted by Crippen LogP contribution is -2.20. The summed E-state index contributed by atoms with van der Waals surface area (Å²) < 4.78 is 17.0. The number of aromatic nitrogens is 1. The fourth-order valence-electron chi connectivity index (χ4n) is 2.82. The predicted molar refractivity (Wildman–Crippen MR) is 101 cm³/mol. The predicted octanol–water partition coefficient (Wildman–Crippen LogP) is 4.02. The van der Waals surface area contributed by atoms with Gasteiger partial charge in [0.1, 0.15) is 19.5 Å². The SMILES string of the molecule is Cc1cc(C(=O)COC(=O)C2=COCCO2)c(C)n1-c1ccc(Cl)c(Cl)c1. The van der Waals surface area contributed by atoms with Crippen LogP contribution in [0, 0.1) is 13.8 Å². The molecule has 0 aliphatic carbocycles. The van der Waals surface area contributed by atoms with Gasteiger partial charge in [-0.25, -0.2) is 4.79 Å². The molecule has 142 valence electrons. The Kier molecular flexibility index (Phi) is 5.77. The number of hydrogen-bond donors (Lipinski definition) is 0. The maximum absolute atomic E-state index is 12.5. The number of aryl methyl sites for hydroxylation is 1. The monoisotopic (exact) mass is 409 g/mol. The Labute approximate surface area is 166 Å². The van der Waals surface area contributed by atoms with Gasteiger partial charge in [0.15, 0.2) is 6.61 Å². The molecule has 1 aliphatic heterocycles. The number of ketones is 1. The van der Waals surface area contributed by atoms with Gasteiger partial charge >= 0.3 is 5.97 Å². The van der Waals surface area contributed by atoms with E-state index < -0.39 is 12.6 Å². The quantitative estimate of drug-likeness (QED) is 0.551. The molecule has 0 N–H and O–H groups in total. The Bertz CT molecular complexity index is 932. The number of carbonyl (C=O) groups is 2. The van der Waals surface area contributed by atoms with Crippen LogP contribution in [-0.2, 0) is 19.0 Å². The number of Topliss-reactive ketones (excluding diaryl/α,β-unsaturated/α-hetero) is 1. The second-order valence-corrected chi connectivity index (χ2v) is 6.73. The molecule has 6 nitrogen and oxygen atoms in total. The number of esters is 1. The van der Waals surface area contributed by atoms with Crippen LogP contribution in [0.15, 0.2) is 36.3 Å². The fraction of sp³-hybridized carbons (Fsp3) is 0.263. The van der Waals surface area contributed by atoms with Crippen LogP contribution in [0.5, 0.6) is 0 Å². The van der Waals surface area contributed by atoms with Crippen molar-refractivity contribution in [3.05, 3.63) is 63.3 Å². The molecule has 0 saturated heterocycles. The number of hydrogen-bond acceptors (Lipinski definition) is 5. The van der Waals surface area contributed by atoms with Crippen molar-refractivity contribution in [3.8, 4) is 5.69 Å². The molecule has 0 spiro atoms. The Morgan fingerprint density at radius 2 is 1.93 bits per heavy atom. The summed E-state index contributed by atoms with van der Waals surface area (Å²) in [7, 11) is 0. The highest BCUT2D eigenvalue weighted by Crippen LogP contribution is 2.27. The van der Waals surface area contributed by atoms with E-state index in [1.54, 1.807) is 18.2 Å². The van der Waals surface area contributed by atoms with E-state index in [0.717, 1.165) is 11.4 Å². The number of ether oxygens (including phenoxy) is 3. The Morgan fingerprint density at radius 1 is 1.15 bits per heavy atom. The smallest absolute Gasteiger partial charge is 0.377 e. The summed E-state index contributed by atoms with van der Waals surface area (Å²) >= 11 is 12.1. The Balaban J connectivity index is 1.77. The van der Waals surface area contributed by atoms with Crippen LogP contribution in [0.1, 0.15) is 21.7 Å². The first-order chi connectivity index (χ1) is 12.9.